The molecule has 0 spiro atoms. The van der Waals surface area contributed by atoms with Crippen molar-refractivity contribution in [2.75, 3.05) is 25.0 Å². The lowest BCUT2D eigenvalue weighted by Crippen LogP contribution is -2.44. The summed E-state index contributed by atoms with van der Waals surface area (Å²) in [5, 5.41) is 6.35. The fourth-order valence-electron chi connectivity index (χ4n) is 3.46. The first-order valence-corrected chi connectivity index (χ1v) is 11.3. The molecule has 10 nitrogen and oxygen atoms in total. The number of esters is 1. The molecule has 0 amide bonds. The third kappa shape index (κ3) is 5.79. The predicted octanol–water partition coefficient (Wildman–Crippen LogP) is 2.74. The maximum absolute atomic E-state index is 12.2. The molecule has 5 heterocycles. The zero-order valence-corrected chi connectivity index (χ0v) is 19.2. The van der Waals surface area contributed by atoms with Gasteiger partial charge in [-0.3, -0.25) is 4.98 Å². The van der Waals surface area contributed by atoms with E-state index < -0.39 is 0 Å². The van der Waals surface area contributed by atoms with Crippen LogP contribution < -0.4 is 10.6 Å². The fraction of sp³-hybridized carbons (Fsp3) is 0.240. The first-order valence-electron chi connectivity index (χ1n) is 11.3. The number of hydrogen-bond donors (Lipinski definition) is 2. The number of ether oxygens (including phenoxy) is 1. The van der Waals surface area contributed by atoms with E-state index in [1.807, 2.05) is 25.1 Å². The molecule has 176 valence electrons. The summed E-state index contributed by atoms with van der Waals surface area (Å²) in [6.45, 7) is 4.13. The van der Waals surface area contributed by atoms with Gasteiger partial charge in [-0.1, -0.05) is 6.07 Å². The standard InChI is InChI=1S/C25H24N8O2/c1-16-3-2-4-20(30-16)24-28-10-8-22(33-24)31-21-7-9-27-23(32-21)11-19-6-5-18(14-29-19)25(34)35-15-17-12-26-13-17/h2-10,14,17,26H,11-13,15H2,1H3,(H,27,28,31,32,33). The normalized spacial score (nSPS) is 13.2. The highest BCUT2D eigenvalue weighted by atomic mass is 16.5. The molecule has 0 unspecified atom stereocenters. The van der Waals surface area contributed by atoms with Gasteiger partial charge in [0.1, 0.15) is 23.2 Å². The minimum absolute atomic E-state index is 0.358. The van der Waals surface area contributed by atoms with Gasteiger partial charge in [0.15, 0.2) is 5.82 Å². The Kier molecular flexibility index (Phi) is 6.62. The maximum atomic E-state index is 12.2. The van der Waals surface area contributed by atoms with Crippen LogP contribution in [0.5, 0.6) is 0 Å². The van der Waals surface area contributed by atoms with Gasteiger partial charge in [0.2, 0.25) is 0 Å². The third-order valence-corrected chi connectivity index (χ3v) is 5.45. The van der Waals surface area contributed by atoms with Crippen LogP contribution in [0.1, 0.15) is 27.6 Å². The van der Waals surface area contributed by atoms with Gasteiger partial charge < -0.3 is 15.4 Å². The van der Waals surface area contributed by atoms with E-state index >= 15 is 0 Å². The number of carbonyl (C=O) groups excluding carboxylic acids is 1. The van der Waals surface area contributed by atoms with Crippen LogP contribution in [0.15, 0.2) is 61.1 Å². The van der Waals surface area contributed by atoms with Gasteiger partial charge >= 0.3 is 5.97 Å². The Morgan fingerprint density at radius 3 is 2.57 bits per heavy atom. The molecule has 2 N–H and O–H groups in total. The Labute approximate surface area is 202 Å². The smallest absolute Gasteiger partial charge is 0.339 e. The number of hydrogen-bond acceptors (Lipinski definition) is 10. The van der Waals surface area contributed by atoms with Crippen LogP contribution in [0.25, 0.3) is 11.5 Å². The molecule has 0 bridgehead atoms. The van der Waals surface area contributed by atoms with Gasteiger partial charge in [-0.25, -0.2) is 29.7 Å². The van der Waals surface area contributed by atoms with Crippen LogP contribution in [-0.2, 0) is 11.2 Å². The van der Waals surface area contributed by atoms with E-state index in [2.05, 4.69) is 40.5 Å². The van der Waals surface area contributed by atoms with Crippen molar-refractivity contribution < 1.29 is 9.53 Å². The summed E-state index contributed by atoms with van der Waals surface area (Å²) in [7, 11) is 0. The molecule has 1 aliphatic rings. The lowest BCUT2D eigenvalue weighted by molar-refractivity contribution is 0.0397. The molecule has 0 saturated carbocycles. The number of nitrogens with one attached hydrogen (secondary N) is 2. The number of anilines is 2. The van der Waals surface area contributed by atoms with Gasteiger partial charge in [-0.05, 0) is 43.3 Å². The molecule has 10 heteroatoms. The van der Waals surface area contributed by atoms with Gasteiger partial charge in [-0.2, -0.15) is 0 Å². The highest BCUT2D eigenvalue weighted by molar-refractivity contribution is 5.89. The highest BCUT2D eigenvalue weighted by Crippen LogP contribution is 2.17. The quantitative estimate of drug-likeness (QED) is 0.373. The van der Waals surface area contributed by atoms with Crippen LogP contribution in [0.2, 0.25) is 0 Å². The molecule has 1 aliphatic heterocycles. The van der Waals surface area contributed by atoms with Gasteiger partial charge in [-0.15, -0.1) is 0 Å². The van der Waals surface area contributed by atoms with Gasteiger partial charge in [0.25, 0.3) is 0 Å². The molecule has 4 aromatic heterocycles. The molecule has 5 rings (SSSR count). The molecular formula is C25H24N8O2. The monoisotopic (exact) mass is 468 g/mol. The zero-order valence-electron chi connectivity index (χ0n) is 19.2. The maximum Gasteiger partial charge on any atom is 0.339 e. The first kappa shape index (κ1) is 22.5. The number of aryl methyl sites for hydroxylation is 1. The SMILES string of the molecule is Cc1cccc(-c2nccc(Nc3ccnc(Cc4ccc(C(=O)OCC5CNC5)cn4)n3)n2)n1. The number of carbonyl (C=O) groups is 1. The summed E-state index contributed by atoms with van der Waals surface area (Å²) in [5.41, 5.74) is 2.78. The van der Waals surface area contributed by atoms with Crippen LogP contribution >= 0.6 is 0 Å². The van der Waals surface area contributed by atoms with Crippen molar-refractivity contribution in [2.45, 2.75) is 13.3 Å². The minimum Gasteiger partial charge on any atom is -0.462 e. The van der Waals surface area contributed by atoms with E-state index in [0.717, 1.165) is 24.5 Å². The number of pyridine rings is 2. The fourth-order valence-corrected chi connectivity index (χ4v) is 3.46. The van der Waals surface area contributed by atoms with Crippen molar-refractivity contribution in [3.05, 3.63) is 83.8 Å². The van der Waals surface area contributed by atoms with Gasteiger partial charge in [0.05, 0.1) is 18.6 Å². The van der Waals surface area contributed by atoms with Crippen LogP contribution in [0, 0.1) is 12.8 Å². The van der Waals surface area contributed by atoms with Crippen molar-refractivity contribution in [2.24, 2.45) is 5.92 Å². The largest absolute Gasteiger partial charge is 0.462 e. The summed E-state index contributed by atoms with van der Waals surface area (Å²) >= 11 is 0. The molecule has 1 fully saturated rings. The van der Waals surface area contributed by atoms with Crippen LogP contribution in [0.4, 0.5) is 11.6 Å². The molecule has 1 saturated heterocycles. The van der Waals surface area contributed by atoms with E-state index in [1.165, 1.54) is 6.20 Å². The predicted molar refractivity (Wildman–Crippen MR) is 129 cm³/mol. The van der Waals surface area contributed by atoms with Crippen molar-refractivity contribution >= 4 is 17.6 Å². The molecule has 4 aromatic rings. The molecule has 0 aromatic carbocycles. The average Bonchev–Trinajstić information content (AvgIpc) is 2.84. The van der Waals surface area contributed by atoms with Crippen molar-refractivity contribution in [3.63, 3.8) is 0 Å². The minimum atomic E-state index is -0.358. The first-order chi connectivity index (χ1) is 17.1. The second-order valence-corrected chi connectivity index (χ2v) is 8.25. The zero-order chi connectivity index (χ0) is 24.0. The molecular weight excluding hydrogens is 444 g/mol. The van der Waals surface area contributed by atoms with E-state index in [-0.39, 0.29) is 5.97 Å². The molecule has 0 radical (unpaired) electrons. The number of aromatic nitrogens is 6. The second-order valence-electron chi connectivity index (χ2n) is 8.25. The Morgan fingerprint density at radius 1 is 1.00 bits per heavy atom. The number of nitrogens with zero attached hydrogens (tertiary/aromatic N) is 6. The Bertz CT molecular complexity index is 1330. The Hall–Kier alpha value is -4.31. The number of rotatable bonds is 8. The van der Waals surface area contributed by atoms with Crippen LogP contribution in [0.3, 0.4) is 0 Å². The Balaban J connectivity index is 1.22. The average molecular weight is 469 g/mol. The summed E-state index contributed by atoms with van der Waals surface area (Å²) in [6.07, 6.45) is 5.30. The van der Waals surface area contributed by atoms with E-state index in [4.69, 9.17) is 4.74 Å². The molecule has 0 atom stereocenters. The van der Waals surface area contributed by atoms with E-state index in [1.54, 1.807) is 36.7 Å². The van der Waals surface area contributed by atoms with E-state index in [0.29, 0.717) is 53.5 Å². The lowest BCUT2D eigenvalue weighted by atomic mass is 10.1. The summed E-state index contributed by atoms with van der Waals surface area (Å²) in [6, 6.07) is 12.8. The van der Waals surface area contributed by atoms with Crippen LogP contribution in [-0.4, -0.2) is 55.6 Å². The van der Waals surface area contributed by atoms with Crippen molar-refractivity contribution in [3.8, 4) is 11.5 Å². The molecule has 0 aliphatic carbocycles. The van der Waals surface area contributed by atoms with Crippen molar-refractivity contribution in [1.29, 1.82) is 0 Å². The topological polar surface area (TPSA) is 128 Å². The highest BCUT2D eigenvalue weighted by Gasteiger charge is 2.19. The summed E-state index contributed by atoms with van der Waals surface area (Å²) < 4.78 is 5.34. The van der Waals surface area contributed by atoms with E-state index in [9.17, 15) is 4.79 Å². The Morgan fingerprint density at radius 2 is 1.83 bits per heavy atom. The molecule has 35 heavy (non-hydrogen) atoms. The van der Waals surface area contributed by atoms with Crippen molar-refractivity contribution in [1.82, 2.24) is 35.2 Å². The lowest BCUT2D eigenvalue weighted by Gasteiger charge is -2.26. The summed E-state index contributed by atoms with van der Waals surface area (Å²) in [5.74, 6) is 2.36. The van der Waals surface area contributed by atoms with Gasteiger partial charge in [0, 0.05) is 49.0 Å². The second kappa shape index (κ2) is 10.3. The third-order valence-electron chi connectivity index (χ3n) is 5.45. The summed E-state index contributed by atoms with van der Waals surface area (Å²) in [4.78, 5) is 38.8.